The standard InChI is InChI=1S/C17H19NO3/c1-18-16(12-6-3-4-8-14(12)19-2)13-7-5-9-15-17(13)21-11-10-20-15/h3-9,16,18H,10-11H2,1-2H3. The summed E-state index contributed by atoms with van der Waals surface area (Å²) < 4.78 is 17.0. The lowest BCUT2D eigenvalue weighted by molar-refractivity contribution is 0.169. The van der Waals surface area contributed by atoms with Crippen LogP contribution in [0.25, 0.3) is 0 Å². The van der Waals surface area contributed by atoms with E-state index in [9.17, 15) is 0 Å². The first-order chi connectivity index (χ1) is 10.3. The number of methoxy groups -OCH3 is 1. The highest BCUT2D eigenvalue weighted by atomic mass is 16.6. The van der Waals surface area contributed by atoms with Gasteiger partial charge in [0.2, 0.25) is 0 Å². The lowest BCUT2D eigenvalue weighted by atomic mass is 9.96. The molecule has 0 saturated carbocycles. The molecule has 3 rings (SSSR count). The minimum absolute atomic E-state index is 0.0159. The maximum Gasteiger partial charge on any atom is 0.166 e. The Hall–Kier alpha value is -2.20. The smallest absolute Gasteiger partial charge is 0.166 e. The van der Waals surface area contributed by atoms with Gasteiger partial charge in [-0.15, -0.1) is 0 Å². The summed E-state index contributed by atoms with van der Waals surface area (Å²) in [5.74, 6) is 2.47. The van der Waals surface area contributed by atoms with Gasteiger partial charge in [0.15, 0.2) is 11.5 Å². The van der Waals surface area contributed by atoms with Gasteiger partial charge in [-0.2, -0.15) is 0 Å². The van der Waals surface area contributed by atoms with E-state index in [0.29, 0.717) is 13.2 Å². The molecule has 0 saturated heterocycles. The molecule has 1 aliphatic heterocycles. The van der Waals surface area contributed by atoms with E-state index in [-0.39, 0.29) is 6.04 Å². The van der Waals surface area contributed by atoms with Gasteiger partial charge in [0.05, 0.1) is 13.2 Å². The van der Waals surface area contributed by atoms with Crippen molar-refractivity contribution in [3.05, 3.63) is 53.6 Å². The van der Waals surface area contributed by atoms with Crippen LogP contribution in [0.2, 0.25) is 0 Å². The lowest BCUT2D eigenvalue weighted by Gasteiger charge is -2.26. The van der Waals surface area contributed by atoms with Crippen molar-refractivity contribution in [2.45, 2.75) is 6.04 Å². The minimum atomic E-state index is -0.0159. The Labute approximate surface area is 124 Å². The van der Waals surface area contributed by atoms with E-state index in [1.807, 2.05) is 37.4 Å². The lowest BCUT2D eigenvalue weighted by Crippen LogP contribution is -2.22. The van der Waals surface area contributed by atoms with E-state index in [0.717, 1.165) is 28.4 Å². The summed E-state index contributed by atoms with van der Waals surface area (Å²) in [6, 6.07) is 14.0. The van der Waals surface area contributed by atoms with Crippen molar-refractivity contribution in [2.75, 3.05) is 27.4 Å². The van der Waals surface area contributed by atoms with Crippen LogP contribution < -0.4 is 19.5 Å². The molecule has 0 fully saturated rings. The molecule has 4 nitrogen and oxygen atoms in total. The summed E-state index contributed by atoms with van der Waals surface area (Å²) >= 11 is 0. The molecule has 0 bridgehead atoms. The van der Waals surface area contributed by atoms with Crippen LogP contribution in [0.3, 0.4) is 0 Å². The van der Waals surface area contributed by atoms with Crippen molar-refractivity contribution in [1.82, 2.24) is 5.32 Å². The fourth-order valence-corrected chi connectivity index (χ4v) is 2.71. The Bertz CT molecular complexity index is 627. The fraction of sp³-hybridized carbons (Fsp3) is 0.294. The first-order valence-electron chi connectivity index (χ1n) is 7.04. The van der Waals surface area contributed by atoms with Gasteiger partial charge in [-0.05, 0) is 19.2 Å². The Kier molecular flexibility index (Phi) is 3.97. The van der Waals surface area contributed by atoms with Crippen molar-refractivity contribution >= 4 is 0 Å². The molecule has 1 heterocycles. The van der Waals surface area contributed by atoms with Crippen LogP contribution in [0.1, 0.15) is 17.2 Å². The van der Waals surface area contributed by atoms with Crippen LogP contribution in [0.15, 0.2) is 42.5 Å². The number of para-hydroxylation sites is 2. The van der Waals surface area contributed by atoms with Gasteiger partial charge in [-0.25, -0.2) is 0 Å². The van der Waals surface area contributed by atoms with Gasteiger partial charge >= 0.3 is 0 Å². The highest BCUT2D eigenvalue weighted by Crippen LogP contribution is 2.40. The van der Waals surface area contributed by atoms with Crippen LogP contribution in [-0.4, -0.2) is 27.4 Å². The van der Waals surface area contributed by atoms with Gasteiger partial charge < -0.3 is 19.5 Å². The summed E-state index contributed by atoms with van der Waals surface area (Å²) in [4.78, 5) is 0. The Balaban J connectivity index is 2.08. The molecule has 21 heavy (non-hydrogen) atoms. The van der Waals surface area contributed by atoms with E-state index in [4.69, 9.17) is 14.2 Å². The SMILES string of the molecule is CNC(c1ccccc1OC)c1cccc2c1OCCO2. The van der Waals surface area contributed by atoms with E-state index < -0.39 is 0 Å². The summed E-state index contributed by atoms with van der Waals surface area (Å²) in [6.45, 7) is 1.17. The van der Waals surface area contributed by atoms with E-state index >= 15 is 0 Å². The van der Waals surface area contributed by atoms with Gasteiger partial charge in [0, 0.05) is 11.1 Å². The number of ether oxygens (including phenoxy) is 3. The Morgan fingerprint density at radius 1 is 1.00 bits per heavy atom. The van der Waals surface area contributed by atoms with Crippen molar-refractivity contribution in [3.8, 4) is 17.2 Å². The predicted molar refractivity (Wildman–Crippen MR) is 81.3 cm³/mol. The summed E-state index contributed by atoms with van der Waals surface area (Å²) in [6.07, 6.45) is 0. The maximum absolute atomic E-state index is 5.83. The molecule has 110 valence electrons. The average molecular weight is 285 g/mol. The summed E-state index contributed by atoms with van der Waals surface area (Å²) in [7, 11) is 3.62. The third-order valence-corrected chi connectivity index (χ3v) is 3.65. The number of hydrogen-bond donors (Lipinski definition) is 1. The van der Waals surface area contributed by atoms with Crippen LogP contribution in [-0.2, 0) is 0 Å². The molecule has 1 atom stereocenters. The van der Waals surface area contributed by atoms with Crippen LogP contribution >= 0.6 is 0 Å². The van der Waals surface area contributed by atoms with Gasteiger partial charge in [-0.1, -0.05) is 30.3 Å². The highest BCUT2D eigenvalue weighted by molar-refractivity contribution is 5.53. The molecule has 1 N–H and O–H groups in total. The van der Waals surface area contributed by atoms with Crippen LogP contribution in [0.4, 0.5) is 0 Å². The molecule has 0 radical (unpaired) electrons. The largest absolute Gasteiger partial charge is 0.496 e. The number of fused-ring (bicyclic) bond motifs is 1. The zero-order chi connectivity index (χ0) is 14.7. The van der Waals surface area contributed by atoms with Gasteiger partial charge in [-0.3, -0.25) is 0 Å². The molecule has 0 aliphatic carbocycles. The quantitative estimate of drug-likeness (QED) is 0.937. The molecule has 2 aromatic rings. The van der Waals surface area contributed by atoms with E-state index in [1.54, 1.807) is 7.11 Å². The van der Waals surface area contributed by atoms with Gasteiger partial charge in [0.1, 0.15) is 19.0 Å². The number of rotatable bonds is 4. The molecule has 1 aliphatic rings. The van der Waals surface area contributed by atoms with Gasteiger partial charge in [0.25, 0.3) is 0 Å². The van der Waals surface area contributed by atoms with Crippen LogP contribution in [0, 0.1) is 0 Å². The first-order valence-corrected chi connectivity index (χ1v) is 7.04. The molecule has 0 aromatic heterocycles. The normalized spacial score (nSPS) is 14.6. The second-order valence-corrected chi connectivity index (χ2v) is 4.84. The predicted octanol–water partition coefficient (Wildman–Crippen LogP) is 2.78. The molecule has 1 unspecified atom stereocenters. The topological polar surface area (TPSA) is 39.7 Å². The minimum Gasteiger partial charge on any atom is -0.496 e. The van der Waals surface area contributed by atoms with Crippen molar-refractivity contribution in [3.63, 3.8) is 0 Å². The maximum atomic E-state index is 5.83. The third kappa shape index (κ3) is 2.54. The van der Waals surface area contributed by atoms with Crippen molar-refractivity contribution in [1.29, 1.82) is 0 Å². The monoisotopic (exact) mass is 285 g/mol. The molecule has 2 aromatic carbocycles. The number of nitrogens with one attached hydrogen (secondary N) is 1. The number of hydrogen-bond acceptors (Lipinski definition) is 4. The average Bonchev–Trinajstić information content (AvgIpc) is 2.56. The first kappa shape index (κ1) is 13.8. The molecular weight excluding hydrogens is 266 g/mol. The second kappa shape index (κ2) is 6.06. The molecule has 4 heteroatoms. The molecule has 0 spiro atoms. The van der Waals surface area contributed by atoms with E-state index in [2.05, 4.69) is 17.4 Å². The number of benzene rings is 2. The zero-order valence-corrected chi connectivity index (χ0v) is 12.3. The molecular formula is C17H19NO3. The van der Waals surface area contributed by atoms with Crippen LogP contribution in [0.5, 0.6) is 17.2 Å². The summed E-state index contributed by atoms with van der Waals surface area (Å²) in [5.41, 5.74) is 2.13. The fourth-order valence-electron chi connectivity index (χ4n) is 2.71. The molecule has 0 amide bonds. The Morgan fingerprint density at radius 2 is 1.76 bits per heavy atom. The summed E-state index contributed by atoms with van der Waals surface area (Å²) in [5, 5.41) is 3.34. The van der Waals surface area contributed by atoms with Crippen molar-refractivity contribution < 1.29 is 14.2 Å². The highest BCUT2D eigenvalue weighted by Gasteiger charge is 2.24. The zero-order valence-electron chi connectivity index (χ0n) is 12.3. The van der Waals surface area contributed by atoms with Crippen molar-refractivity contribution in [2.24, 2.45) is 0 Å². The third-order valence-electron chi connectivity index (χ3n) is 3.65. The second-order valence-electron chi connectivity index (χ2n) is 4.84. The van der Waals surface area contributed by atoms with E-state index in [1.165, 1.54) is 0 Å². The Morgan fingerprint density at radius 3 is 2.57 bits per heavy atom.